The zero-order chi connectivity index (χ0) is 9.68. The predicted octanol–water partition coefficient (Wildman–Crippen LogP) is 1.01. The smallest absolute Gasteiger partial charge is 0.288 e. The summed E-state index contributed by atoms with van der Waals surface area (Å²) in [6.45, 7) is 1.08. The molecular formula is C8H11ClN2O2. The van der Waals surface area contributed by atoms with Crippen LogP contribution in [0.2, 0.25) is 5.02 Å². The first-order valence-electron chi connectivity index (χ1n) is 3.97. The van der Waals surface area contributed by atoms with Crippen LogP contribution in [-0.4, -0.2) is 19.0 Å². The van der Waals surface area contributed by atoms with E-state index >= 15 is 0 Å². The number of carbonyl (C=O) groups is 1. The Kier molecular flexibility index (Phi) is 3.79. The largest absolute Gasteiger partial charge is 0.458 e. The van der Waals surface area contributed by atoms with E-state index in [4.69, 9.17) is 21.8 Å². The highest BCUT2D eigenvalue weighted by atomic mass is 35.5. The molecule has 0 fully saturated rings. The van der Waals surface area contributed by atoms with Crippen LogP contribution >= 0.6 is 11.6 Å². The SMILES string of the molecule is NCCCNC(=O)c1occc1Cl. The van der Waals surface area contributed by atoms with Gasteiger partial charge in [-0.2, -0.15) is 0 Å². The van der Waals surface area contributed by atoms with E-state index in [1.807, 2.05) is 0 Å². The van der Waals surface area contributed by atoms with Crippen molar-refractivity contribution in [2.75, 3.05) is 13.1 Å². The second-order valence-corrected chi connectivity index (χ2v) is 2.90. The third-order valence-corrected chi connectivity index (χ3v) is 1.79. The van der Waals surface area contributed by atoms with Crippen LogP contribution in [0.15, 0.2) is 16.7 Å². The van der Waals surface area contributed by atoms with E-state index in [-0.39, 0.29) is 11.7 Å². The highest BCUT2D eigenvalue weighted by molar-refractivity contribution is 6.33. The van der Waals surface area contributed by atoms with Crippen LogP contribution in [0.4, 0.5) is 0 Å². The number of halogens is 1. The molecule has 0 aromatic carbocycles. The van der Waals surface area contributed by atoms with Crippen LogP contribution in [0.3, 0.4) is 0 Å². The van der Waals surface area contributed by atoms with Crippen molar-refractivity contribution >= 4 is 17.5 Å². The van der Waals surface area contributed by atoms with Gasteiger partial charge in [0, 0.05) is 6.54 Å². The van der Waals surface area contributed by atoms with Gasteiger partial charge in [-0.3, -0.25) is 4.79 Å². The molecule has 0 radical (unpaired) electrons. The third-order valence-electron chi connectivity index (χ3n) is 1.49. The van der Waals surface area contributed by atoms with Gasteiger partial charge in [0.15, 0.2) is 0 Å². The summed E-state index contributed by atoms with van der Waals surface area (Å²) in [6.07, 6.45) is 2.12. The molecule has 1 heterocycles. The maximum absolute atomic E-state index is 11.3. The van der Waals surface area contributed by atoms with Gasteiger partial charge in [-0.05, 0) is 19.0 Å². The predicted molar refractivity (Wildman–Crippen MR) is 49.7 cm³/mol. The van der Waals surface area contributed by atoms with E-state index in [0.717, 1.165) is 6.42 Å². The lowest BCUT2D eigenvalue weighted by Crippen LogP contribution is -2.25. The van der Waals surface area contributed by atoms with Gasteiger partial charge in [0.2, 0.25) is 5.76 Å². The Morgan fingerprint density at radius 1 is 1.69 bits per heavy atom. The van der Waals surface area contributed by atoms with Crippen LogP contribution in [0.1, 0.15) is 17.0 Å². The molecule has 3 N–H and O–H groups in total. The Bertz CT molecular complexity index is 285. The Balaban J connectivity index is 2.45. The highest BCUT2D eigenvalue weighted by Crippen LogP contribution is 2.15. The lowest BCUT2D eigenvalue weighted by Gasteiger charge is -2.00. The fraction of sp³-hybridized carbons (Fsp3) is 0.375. The quantitative estimate of drug-likeness (QED) is 0.717. The molecule has 0 spiro atoms. The molecule has 0 unspecified atom stereocenters. The van der Waals surface area contributed by atoms with Crippen LogP contribution in [0.25, 0.3) is 0 Å². The molecule has 13 heavy (non-hydrogen) atoms. The van der Waals surface area contributed by atoms with Crippen molar-refractivity contribution in [2.45, 2.75) is 6.42 Å². The van der Waals surface area contributed by atoms with Gasteiger partial charge in [-0.15, -0.1) is 0 Å². The first-order chi connectivity index (χ1) is 6.25. The molecule has 0 saturated heterocycles. The Morgan fingerprint density at radius 2 is 2.46 bits per heavy atom. The third kappa shape index (κ3) is 2.75. The number of rotatable bonds is 4. The number of nitrogens with one attached hydrogen (secondary N) is 1. The van der Waals surface area contributed by atoms with Crippen LogP contribution in [0.5, 0.6) is 0 Å². The number of furan rings is 1. The molecule has 0 saturated carbocycles. The van der Waals surface area contributed by atoms with Crippen LogP contribution < -0.4 is 11.1 Å². The zero-order valence-corrected chi connectivity index (χ0v) is 7.80. The zero-order valence-electron chi connectivity index (χ0n) is 7.05. The first kappa shape index (κ1) is 10.1. The molecule has 5 heteroatoms. The molecule has 0 aliphatic carbocycles. The van der Waals surface area contributed by atoms with Crippen molar-refractivity contribution < 1.29 is 9.21 Å². The monoisotopic (exact) mass is 202 g/mol. The summed E-state index contributed by atoms with van der Waals surface area (Å²) >= 11 is 5.67. The fourth-order valence-electron chi connectivity index (χ4n) is 0.840. The maximum Gasteiger partial charge on any atom is 0.288 e. The van der Waals surface area contributed by atoms with E-state index in [1.165, 1.54) is 12.3 Å². The summed E-state index contributed by atoms with van der Waals surface area (Å²) < 4.78 is 4.88. The number of hydrogen-bond donors (Lipinski definition) is 2. The second kappa shape index (κ2) is 4.89. The van der Waals surface area contributed by atoms with Crippen molar-refractivity contribution in [3.8, 4) is 0 Å². The summed E-state index contributed by atoms with van der Waals surface area (Å²) in [5, 5.41) is 2.95. The Labute approximate surface area is 81.0 Å². The summed E-state index contributed by atoms with van der Waals surface area (Å²) in [4.78, 5) is 11.3. The lowest BCUT2D eigenvalue weighted by atomic mass is 10.4. The van der Waals surface area contributed by atoms with Crippen molar-refractivity contribution in [3.05, 3.63) is 23.1 Å². The molecular weight excluding hydrogens is 192 g/mol. The summed E-state index contributed by atoms with van der Waals surface area (Å²) in [6, 6.07) is 1.53. The molecule has 0 atom stereocenters. The van der Waals surface area contributed by atoms with Crippen molar-refractivity contribution in [2.24, 2.45) is 5.73 Å². The second-order valence-electron chi connectivity index (χ2n) is 2.50. The van der Waals surface area contributed by atoms with E-state index in [9.17, 15) is 4.79 Å². The molecule has 4 nitrogen and oxygen atoms in total. The summed E-state index contributed by atoms with van der Waals surface area (Å²) in [5.41, 5.74) is 5.26. The number of hydrogen-bond acceptors (Lipinski definition) is 3. The van der Waals surface area contributed by atoms with Gasteiger partial charge in [-0.25, -0.2) is 0 Å². The van der Waals surface area contributed by atoms with Crippen molar-refractivity contribution in [1.29, 1.82) is 0 Å². The maximum atomic E-state index is 11.3. The van der Waals surface area contributed by atoms with Gasteiger partial charge in [0.05, 0.1) is 11.3 Å². The molecule has 72 valence electrons. The van der Waals surface area contributed by atoms with Crippen molar-refractivity contribution in [3.63, 3.8) is 0 Å². The molecule has 1 aromatic heterocycles. The van der Waals surface area contributed by atoms with Gasteiger partial charge >= 0.3 is 0 Å². The van der Waals surface area contributed by atoms with Crippen molar-refractivity contribution in [1.82, 2.24) is 5.32 Å². The minimum absolute atomic E-state index is 0.152. The standard InChI is InChI=1S/C8H11ClN2O2/c9-6-2-5-13-7(6)8(12)11-4-1-3-10/h2,5H,1,3-4,10H2,(H,11,12). The van der Waals surface area contributed by atoms with Crippen LogP contribution in [-0.2, 0) is 0 Å². The first-order valence-corrected chi connectivity index (χ1v) is 4.34. The van der Waals surface area contributed by atoms with E-state index < -0.39 is 0 Å². The van der Waals surface area contributed by atoms with E-state index in [1.54, 1.807) is 0 Å². The molecule has 0 aliphatic rings. The van der Waals surface area contributed by atoms with E-state index in [2.05, 4.69) is 5.32 Å². The molecule has 0 aliphatic heterocycles. The van der Waals surface area contributed by atoms with E-state index in [0.29, 0.717) is 18.1 Å². The fourth-order valence-corrected chi connectivity index (χ4v) is 1.02. The van der Waals surface area contributed by atoms with Gasteiger partial charge in [0.25, 0.3) is 5.91 Å². The van der Waals surface area contributed by atoms with Crippen LogP contribution in [0, 0.1) is 0 Å². The number of nitrogens with two attached hydrogens (primary N) is 1. The molecule has 1 rings (SSSR count). The Hall–Kier alpha value is -1.00. The van der Waals surface area contributed by atoms with Gasteiger partial charge in [-0.1, -0.05) is 11.6 Å². The van der Waals surface area contributed by atoms with Gasteiger partial charge in [0.1, 0.15) is 0 Å². The lowest BCUT2D eigenvalue weighted by molar-refractivity contribution is 0.0926. The normalized spacial score (nSPS) is 10.0. The average Bonchev–Trinajstić information content (AvgIpc) is 2.52. The minimum atomic E-state index is -0.302. The average molecular weight is 203 g/mol. The molecule has 0 bridgehead atoms. The number of carbonyl (C=O) groups excluding carboxylic acids is 1. The van der Waals surface area contributed by atoms with Gasteiger partial charge < -0.3 is 15.5 Å². The molecule has 1 aromatic rings. The summed E-state index contributed by atoms with van der Waals surface area (Å²) in [5.74, 6) is -0.151. The number of amides is 1. The topological polar surface area (TPSA) is 68.3 Å². The Morgan fingerprint density at radius 3 is 3.00 bits per heavy atom. The minimum Gasteiger partial charge on any atom is -0.458 e. The highest BCUT2D eigenvalue weighted by Gasteiger charge is 2.12. The molecule has 1 amide bonds. The summed E-state index contributed by atoms with van der Waals surface area (Å²) in [7, 11) is 0.